The molecule has 1 aromatic heterocycles. The summed E-state index contributed by atoms with van der Waals surface area (Å²) in [6, 6.07) is 7.22. The van der Waals surface area contributed by atoms with Gasteiger partial charge in [-0.25, -0.2) is 13.2 Å². The van der Waals surface area contributed by atoms with Crippen LogP contribution in [-0.2, 0) is 16.6 Å². The summed E-state index contributed by atoms with van der Waals surface area (Å²) in [6.45, 7) is 0.890. The number of carboxylic acids is 1. The lowest BCUT2D eigenvalue weighted by Crippen LogP contribution is -2.24. The first-order chi connectivity index (χ1) is 11.0. The molecule has 0 atom stereocenters. The molecule has 0 spiro atoms. The fraction of sp³-hybridized carbons (Fsp3) is 0.286. The molecule has 2 heterocycles. The normalized spacial score (nSPS) is 16.4. The third-order valence-corrected chi connectivity index (χ3v) is 5.36. The summed E-state index contributed by atoms with van der Waals surface area (Å²) in [5.41, 5.74) is 1.37. The monoisotopic (exact) mass is 337 g/mol. The maximum atomic E-state index is 11.9. The molecular weight excluding hydrogens is 322 g/mol. The molecule has 1 aromatic carbocycles. The highest BCUT2D eigenvalue weighted by Gasteiger charge is 2.28. The molecule has 0 bridgehead atoms. The van der Waals surface area contributed by atoms with E-state index in [1.807, 2.05) is 0 Å². The first-order valence-corrected chi connectivity index (χ1v) is 8.59. The van der Waals surface area contributed by atoms with Crippen LogP contribution in [0.5, 0.6) is 0 Å². The van der Waals surface area contributed by atoms with Gasteiger partial charge in [0.25, 0.3) is 6.01 Å². The van der Waals surface area contributed by atoms with Crippen LogP contribution < -0.4 is 9.62 Å². The Kier molecular flexibility index (Phi) is 3.95. The zero-order valence-corrected chi connectivity index (χ0v) is 12.9. The van der Waals surface area contributed by atoms with Crippen molar-refractivity contribution in [1.29, 1.82) is 0 Å². The molecule has 0 unspecified atom stereocenters. The Hall–Kier alpha value is -2.55. The number of rotatable bonds is 5. The van der Waals surface area contributed by atoms with E-state index in [-0.39, 0.29) is 17.5 Å². The fourth-order valence-electron chi connectivity index (χ4n) is 2.34. The average molecular weight is 337 g/mol. The molecule has 1 saturated heterocycles. The molecule has 2 aromatic rings. The van der Waals surface area contributed by atoms with E-state index in [0.717, 1.165) is 11.8 Å². The van der Waals surface area contributed by atoms with Crippen LogP contribution >= 0.6 is 0 Å². The van der Waals surface area contributed by atoms with E-state index in [0.29, 0.717) is 25.2 Å². The number of hydrogen-bond donors (Lipinski definition) is 2. The zero-order valence-electron chi connectivity index (χ0n) is 12.1. The van der Waals surface area contributed by atoms with Crippen molar-refractivity contribution in [1.82, 2.24) is 4.98 Å². The lowest BCUT2D eigenvalue weighted by atomic mass is 10.2. The minimum atomic E-state index is -3.18. The van der Waals surface area contributed by atoms with E-state index in [1.165, 1.54) is 4.31 Å². The molecule has 0 radical (unpaired) electrons. The van der Waals surface area contributed by atoms with E-state index < -0.39 is 16.0 Å². The minimum absolute atomic E-state index is 0.119. The van der Waals surface area contributed by atoms with Crippen molar-refractivity contribution in [2.75, 3.05) is 21.9 Å². The van der Waals surface area contributed by atoms with Gasteiger partial charge < -0.3 is 14.8 Å². The van der Waals surface area contributed by atoms with E-state index in [2.05, 4.69) is 10.3 Å². The van der Waals surface area contributed by atoms with Crippen molar-refractivity contribution < 1.29 is 22.7 Å². The summed E-state index contributed by atoms with van der Waals surface area (Å²) in [5, 5.41) is 11.6. The van der Waals surface area contributed by atoms with Crippen LogP contribution in [0, 0.1) is 0 Å². The number of carbonyl (C=O) groups is 1. The Balaban J connectivity index is 1.64. The second-order valence-corrected chi connectivity index (χ2v) is 7.12. The number of aromatic carboxylic acids is 1. The summed E-state index contributed by atoms with van der Waals surface area (Å²) in [5.74, 6) is -0.968. The van der Waals surface area contributed by atoms with Gasteiger partial charge in [-0.2, -0.15) is 4.98 Å². The maximum Gasteiger partial charge on any atom is 0.357 e. The van der Waals surface area contributed by atoms with Gasteiger partial charge >= 0.3 is 5.97 Å². The van der Waals surface area contributed by atoms with Gasteiger partial charge in [0, 0.05) is 13.1 Å². The highest BCUT2D eigenvalue weighted by molar-refractivity contribution is 7.93. The number of oxazole rings is 1. The molecule has 1 aliphatic heterocycles. The van der Waals surface area contributed by atoms with Crippen molar-refractivity contribution in [3.05, 3.63) is 41.8 Å². The summed E-state index contributed by atoms with van der Waals surface area (Å²) < 4.78 is 30.1. The van der Waals surface area contributed by atoms with Crippen molar-refractivity contribution in [3.63, 3.8) is 0 Å². The number of hydrogen-bond acceptors (Lipinski definition) is 6. The molecule has 9 heteroatoms. The van der Waals surface area contributed by atoms with Gasteiger partial charge in [0.05, 0.1) is 11.4 Å². The first kappa shape index (κ1) is 15.3. The summed E-state index contributed by atoms with van der Waals surface area (Å²) in [7, 11) is -3.18. The number of nitrogens with zero attached hydrogens (tertiary/aromatic N) is 2. The third kappa shape index (κ3) is 3.29. The van der Waals surface area contributed by atoms with Crippen LogP contribution in [0.4, 0.5) is 11.7 Å². The van der Waals surface area contributed by atoms with Crippen LogP contribution in [0.15, 0.2) is 34.9 Å². The van der Waals surface area contributed by atoms with Crippen molar-refractivity contribution in [3.8, 4) is 0 Å². The van der Waals surface area contributed by atoms with Crippen molar-refractivity contribution in [2.45, 2.75) is 13.0 Å². The Labute approximate surface area is 132 Å². The second-order valence-electron chi connectivity index (χ2n) is 5.10. The van der Waals surface area contributed by atoms with Gasteiger partial charge in [-0.05, 0) is 24.1 Å². The van der Waals surface area contributed by atoms with Crippen LogP contribution in [0.3, 0.4) is 0 Å². The zero-order chi connectivity index (χ0) is 16.4. The van der Waals surface area contributed by atoms with Crippen LogP contribution in [0.25, 0.3) is 0 Å². The van der Waals surface area contributed by atoms with Gasteiger partial charge in [0.1, 0.15) is 6.26 Å². The molecule has 23 heavy (non-hydrogen) atoms. The maximum absolute atomic E-state index is 11.9. The predicted octanol–water partition coefficient (Wildman–Crippen LogP) is 1.52. The lowest BCUT2D eigenvalue weighted by Gasteiger charge is -2.17. The Bertz CT molecular complexity index is 813. The highest BCUT2D eigenvalue weighted by Crippen LogP contribution is 2.24. The molecule has 8 nitrogen and oxygen atoms in total. The SMILES string of the molecule is O=C(O)c1coc(NCc2ccc(N3CCCS3(=O)=O)cc2)n1. The van der Waals surface area contributed by atoms with Crippen LogP contribution in [-0.4, -0.2) is 36.8 Å². The van der Waals surface area contributed by atoms with Crippen LogP contribution in [0.2, 0.25) is 0 Å². The van der Waals surface area contributed by atoms with E-state index in [4.69, 9.17) is 9.52 Å². The lowest BCUT2D eigenvalue weighted by molar-refractivity contribution is 0.0690. The minimum Gasteiger partial charge on any atom is -0.476 e. The molecule has 122 valence electrons. The smallest absolute Gasteiger partial charge is 0.357 e. The third-order valence-electron chi connectivity index (χ3n) is 3.49. The number of benzene rings is 1. The highest BCUT2D eigenvalue weighted by atomic mass is 32.2. The quantitative estimate of drug-likeness (QED) is 0.850. The number of sulfonamides is 1. The van der Waals surface area contributed by atoms with Crippen molar-refractivity contribution in [2.24, 2.45) is 0 Å². The van der Waals surface area contributed by atoms with Gasteiger partial charge in [0.2, 0.25) is 10.0 Å². The van der Waals surface area contributed by atoms with Gasteiger partial charge in [0.15, 0.2) is 5.69 Å². The fourth-order valence-corrected chi connectivity index (χ4v) is 3.90. The Morgan fingerprint density at radius 1 is 1.35 bits per heavy atom. The molecular formula is C14H15N3O5S. The van der Waals surface area contributed by atoms with E-state index in [9.17, 15) is 13.2 Å². The predicted molar refractivity (Wildman–Crippen MR) is 83.0 cm³/mol. The van der Waals surface area contributed by atoms with Gasteiger partial charge in [-0.3, -0.25) is 4.31 Å². The Morgan fingerprint density at radius 3 is 2.65 bits per heavy atom. The van der Waals surface area contributed by atoms with Crippen molar-refractivity contribution >= 4 is 27.7 Å². The molecule has 1 aliphatic rings. The number of aromatic nitrogens is 1. The summed E-state index contributed by atoms with van der Waals surface area (Å²) >= 11 is 0. The standard InChI is InChI=1S/C14H15N3O5S/c18-13(19)12-9-22-14(16-12)15-8-10-2-4-11(5-3-10)17-6-1-7-23(17,20)21/h2-5,9H,1,6-8H2,(H,15,16)(H,18,19). The molecule has 2 N–H and O–H groups in total. The number of nitrogens with one attached hydrogen (secondary N) is 1. The number of anilines is 2. The average Bonchev–Trinajstić information content (AvgIpc) is 3.12. The molecule has 0 amide bonds. The summed E-state index contributed by atoms with van der Waals surface area (Å²) in [4.78, 5) is 14.5. The van der Waals surface area contributed by atoms with Crippen LogP contribution in [0.1, 0.15) is 22.5 Å². The topological polar surface area (TPSA) is 113 Å². The van der Waals surface area contributed by atoms with Gasteiger partial charge in [-0.15, -0.1) is 0 Å². The van der Waals surface area contributed by atoms with Gasteiger partial charge in [-0.1, -0.05) is 12.1 Å². The number of carboxylic acid groups (broad SMARTS) is 1. The molecule has 0 saturated carbocycles. The van der Waals surface area contributed by atoms with E-state index in [1.54, 1.807) is 24.3 Å². The molecule has 0 aliphatic carbocycles. The summed E-state index contributed by atoms with van der Waals surface area (Å²) in [6.07, 6.45) is 1.70. The second kappa shape index (κ2) is 5.92. The first-order valence-electron chi connectivity index (χ1n) is 6.98. The Morgan fingerprint density at radius 2 is 2.09 bits per heavy atom. The molecule has 3 rings (SSSR count). The van der Waals surface area contributed by atoms with E-state index >= 15 is 0 Å². The molecule has 1 fully saturated rings. The largest absolute Gasteiger partial charge is 0.476 e.